The zero-order valence-electron chi connectivity index (χ0n) is 10.6. The Labute approximate surface area is 97.9 Å². The molecule has 0 spiro atoms. The highest BCUT2D eigenvalue weighted by Crippen LogP contribution is 1.98. The fourth-order valence-electron chi connectivity index (χ4n) is 1.35. The van der Waals surface area contributed by atoms with Crippen molar-refractivity contribution in [3.63, 3.8) is 0 Å². The molecule has 2 N–H and O–H groups in total. The third kappa shape index (κ3) is 6.05. The number of nitrogens with two attached hydrogens (primary N) is 1. The zero-order valence-corrected chi connectivity index (χ0v) is 10.6. The summed E-state index contributed by atoms with van der Waals surface area (Å²) in [5.41, 5.74) is 5.77. The molecule has 0 bridgehead atoms. The highest BCUT2D eigenvalue weighted by Gasteiger charge is 2.18. The standard InChI is InChI=1S/C11H24N2O3/c1-4-13(7-9-16-5-2)11(14)10(12)6-8-15-3/h10H,4-9,12H2,1-3H3. The molecule has 5 nitrogen and oxygen atoms in total. The summed E-state index contributed by atoms with van der Waals surface area (Å²) in [6, 6.07) is -0.471. The molecule has 1 atom stereocenters. The predicted octanol–water partition coefficient (Wildman–Crippen LogP) is 0.235. The van der Waals surface area contributed by atoms with Crippen LogP contribution >= 0.6 is 0 Å². The van der Waals surface area contributed by atoms with Gasteiger partial charge in [0.25, 0.3) is 0 Å². The predicted molar refractivity (Wildman–Crippen MR) is 63.2 cm³/mol. The summed E-state index contributed by atoms with van der Waals surface area (Å²) in [6.45, 7) is 6.87. The Morgan fingerprint density at radius 2 is 2.06 bits per heavy atom. The molecule has 5 heteroatoms. The maximum absolute atomic E-state index is 11.9. The largest absolute Gasteiger partial charge is 0.385 e. The number of hydrogen-bond donors (Lipinski definition) is 1. The molecule has 0 aromatic heterocycles. The van der Waals surface area contributed by atoms with Gasteiger partial charge in [0.2, 0.25) is 5.91 Å². The van der Waals surface area contributed by atoms with Crippen molar-refractivity contribution in [2.75, 3.05) is 40.0 Å². The van der Waals surface area contributed by atoms with E-state index < -0.39 is 6.04 Å². The minimum Gasteiger partial charge on any atom is -0.385 e. The van der Waals surface area contributed by atoms with E-state index in [-0.39, 0.29) is 5.91 Å². The first-order valence-electron chi connectivity index (χ1n) is 5.78. The van der Waals surface area contributed by atoms with E-state index in [9.17, 15) is 4.79 Å². The lowest BCUT2D eigenvalue weighted by Crippen LogP contribution is -2.45. The lowest BCUT2D eigenvalue weighted by atomic mass is 10.2. The summed E-state index contributed by atoms with van der Waals surface area (Å²) in [7, 11) is 1.60. The minimum atomic E-state index is -0.471. The number of amides is 1. The van der Waals surface area contributed by atoms with E-state index in [0.29, 0.717) is 39.3 Å². The van der Waals surface area contributed by atoms with Gasteiger partial charge in [-0.15, -0.1) is 0 Å². The maximum Gasteiger partial charge on any atom is 0.239 e. The summed E-state index contributed by atoms with van der Waals surface area (Å²) in [4.78, 5) is 13.6. The van der Waals surface area contributed by atoms with Crippen LogP contribution in [0.2, 0.25) is 0 Å². The van der Waals surface area contributed by atoms with Crippen LogP contribution in [0.25, 0.3) is 0 Å². The molecule has 96 valence electrons. The van der Waals surface area contributed by atoms with Crippen molar-refractivity contribution in [3.8, 4) is 0 Å². The van der Waals surface area contributed by atoms with Crippen molar-refractivity contribution in [1.82, 2.24) is 4.90 Å². The smallest absolute Gasteiger partial charge is 0.239 e. The second-order valence-corrected chi connectivity index (χ2v) is 3.50. The Hall–Kier alpha value is -0.650. The Morgan fingerprint density at radius 3 is 2.56 bits per heavy atom. The Balaban J connectivity index is 3.97. The van der Waals surface area contributed by atoms with Gasteiger partial charge in [-0.05, 0) is 20.3 Å². The van der Waals surface area contributed by atoms with Crippen LogP contribution in [-0.2, 0) is 14.3 Å². The fourth-order valence-corrected chi connectivity index (χ4v) is 1.35. The number of hydrogen-bond acceptors (Lipinski definition) is 4. The topological polar surface area (TPSA) is 64.8 Å². The molecule has 0 saturated carbocycles. The average Bonchev–Trinajstić information content (AvgIpc) is 2.31. The molecule has 0 rings (SSSR count). The van der Waals surface area contributed by atoms with Crippen LogP contribution in [0.15, 0.2) is 0 Å². The molecule has 1 amide bonds. The maximum atomic E-state index is 11.9. The molecular formula is C11H24N2O3. The van der Waals surface area contributed by atoms with Crippen LogP contribution in [0.5, 0.6) is 0 Å². The van der Waals surface area contributed by atoms with Crippen LogP contribution in [0.1, 0.15) is 20.3 Å². The summed E-state index contributed by atoms with van der Waals surface area (Å²) >= 11 is 0. The number of ether oxygens (including phenoxy) is 2. The Bertz CT molecular complexity index is 188. The molecule has 0 aliphatic rings. The Kier molecular flexibility index (Phi) is 9.18. The third-order valence-electron chi connectivity index (χ3n) is 2.35. The lowest BCUT2D eigenvalue weighted by Gasteiger charge is -2.24. The van der Waals surface area contributed by atoms with Gasteiger partial charge in [-0.3, -0.25) is 4.79 Å². The quantitative estimate of drug-likeness (QED) is 0.578. The van der Waals surface area contributed by atoms with Crippen molar-refractivity contribution >= 4 is 5.91 Å². The number of rotatable bonds is 9. The van der Waals surface area contributed by atoms with Gasteiger partial charge in [-0.25, -0.2) is 0 Å². The molecule has 0 aromatic rings. The van der Waals surface area contributed by atoms with Gasteiger partial charge in [-0.2, -0.15) is 0 Å². The number of carbonyl (C=O) groups excluding carboxylic acids is 1. The van der Waals surface area contributed by atoms with E-state index in [1.807, 2.05) is 13.8 Å². The summed E-state index contributed by atoms with van der Waals surface area (Å²) < 4.78 is 10.1. The summed E-state index contributed by atoms with van der Waals surface area (Å²) in [6.07, 6.45) is 0.556. The molecule has 1 unspecified atom stereocenters. The average molecular weight is 232 g/mol. The second-order valence-electron chi connectivity index (χ2n) is 3.50. The molecule has 0 radical (unpaired) electrons. The number of nitrogens with zero attached hydrogens (tertiary/aromatic N) is 1. The van der Waals surface area contributed by atoms with Crippen LogP contribution in [0.4, 0.5) is 0 Å². The Morgan fingerprint density at radius 1 is 1.38 bits per heavy atom. The third-order valence-corrected chi connectivity index (χ3v) is 2.35. The molecule has 0 heterocycles. The first-order chi connectivity index (χ1) is 7.67. The van der Waals surface area contributed by atoms with Crippen molar-refractivity contribution in [1.29, 1.82) is 0 Å². The van der Waals surface area contributed by atoms with E-state index >= 15 is 0 Å². The van der Waals surface area contributed by atoms with Crippen LogP contribution in [0.3, 0.4) is 0 Å². The van der Waals surface area contributed by atoms with Crippen LogP contribution in [0, 0.1) is 0 Å². The molecule has 16 heavy (non-hydrogen) atoms. The van der Waals surface area contributed by atoms with Gasteiger partial charge in [-0.1, -0.05) is 0 Å². The van der Waals surface area contributed by atoms with Crippen LogP contribution in [-0.4, -0.2) is 56.9 Å². The number of likely N-dealkylation sites (N-methyl/N-ethyl adjacent to an activating group) is 1. The van der Waals surface area contributed by atoms with Gasteiger partial charge in [0, 0.05) is 33.4 Å². The van der Waals surface area contributed by atoms with E-state index in [4.69, 9.17) is 15.2 Å². The highest BCUT2D eigenvalue weighted by molar-refractivity contribution is 5.81. The van der Waals surface area contributed by atoms with Gasteiger partial charge >= 0.3 is 0 Å². The summed E-state index contributed by atoms with van der Waals surface area (Å²) in [5.74, 6) is -0.0285. The van der Waals surface area contributed by atoms with E-state index in [2.05, 4.69) is 0 Å². The lowest BCUT2D eigenvalue weighted by molar-refractivity contribution is -0.133. The number of carbonyl (C=O) groups is 1. The summed E-state index contributed by atoms with van der Waals surface area (Å²) in [5, 5.41) is 0. The monoisotopic (exact) mass is 232 g/mol. The molecule has 0 saturated heterocycles. The van der Waals surface area contributed by atoms with Crippen molar-refractivity contribution in [3.05, 3.63) is 0 Å². The zero-order chi connectivity index (χ0) is 12.4. The molecule has 0 aliphatic carbocycles. The highest BCUT2D eigenvalue weighted by atomic mass is 16.5. The number of methoxy groups -OCH3 is 1. The van der Waals surface area contributed by atoms with Crippen molar-refractivity contribution in [2.45, 2.75) is 26.3 Å². The van der Waals surface area contributed by atoms with Gasteiger partial charge in [0.15, 0.2) is 0 Å². The molecule has 0 aromatic carbocycles. The van der Waals surface area contributed by atoms with Gasteiger partial charge in [0.05, 0.1) is 12.6 Å². The normalized spacial score (nSPS) is 12.5. The first kappa shape index (κ1) is 15.3. The molecule has 0 aliphatic heterocycles. The minimum absolute atomic E-state index is 0.0285. The van der Waals surface area contributed by atoms with Crippen molar-refractivity contribution in [2.24, 2.45) is 5.73 Å². The fraction of sp³-hybridized carbons (Fsp3) is 0.909. The van der Waals surface area contributed by atoms with E-state index in [1.165, 1.54) is 0 Å². The van der Waals surface area contributed by atoms with Gasteiger partial charge < -0.3 is 20.1 Å². The molecular weight excluding hydrogens is 208 g/mol. The van der Waals surface area contributed by atoms with E-state index in [1.54, 1.807) is 12.0 Å². The first-order valence-corrected chi connectivity index (χ1v) is 5.78. The van der Waals surface area contributed by atoms with E-state index in [0.717, 1.165) is 0 Å². The van der Waals surface area contributed by atoms with Crippen LogP contribution < -0.4 is 5.73 Å². The second kappa shape index (κ2) is 9.57. The molecule has 0 fully saturated rings. The van der Waals surface area contributed by atoms with Gasteiger partial charge in [0.1, 0.15) is 0 Å². The SMILES string of the molecule is CCOCCN(CC)C(=O)C(N)CCOC. The van der Waals surface area contributed by atoms with Crippen molar-refractivity contribution < 1.29 is 14.3 Å².